The van der Waals surface area contributed by atoms with Crippen LogP contribution < -0.4 is 10.5 Å². The second-order valence-corrected chi connectivity index (χ2v) is 8.86. The molecule has 0 aliphatic carbocycles. The van der Waals surface area contributed by atoms with E-state index in [0.717, 1.165) is 41.3 Å². The molecule has 7 nitrogen and oxygen atoms in total. The number of ether oxygens (including phenoxy) is 1. The van der Waals surface area contributed by atoms with E-state index in [2.05, 4.69) is 4.90 Å². The third kappa shape index (κ3) is 5.20. The number of nitrogens with zero attached hydrogens (tertiary/aromatic N) is 1. The van der Waals surface area contributed by atoms with Crippen LogP contribution in [0.5, 0.6) is 5.75 Å². The van der Waals surface area contributed by atoms with Gasteiger partial charge < -0.3 is 20.5 Å². The summed E-state index contributed by atoms with van der Waals surface area (Å²) in [5, 5.41) is 27.4. The summed E-state index contributed by atoms with van der Waals surface area (Å²) in [6.07, 6.45) is 2.43. The Labute approximate surface area is 199 Å². The van der Waals surface area contributed by atoms with E-state index in [1.807, 2.05) is 60.7 Å². The molecule has 7 heteroatoms. The van der Waals surface area contributed by atoms with E-state index >= 15 is 0 Å². The van der Waals surface area contributed by atoms with Gasteiger partial charge in [0.1, 0.15) is 18.2 Å². The molecule has 1 aliphatic heterocycles. The zero-order valence-corrected chi connectivity index (χ0v) is 19.3. The predicted molar refractivity (Wildman–Crippen MR) is 134 cm³/mol. The average Bonchev–Trinajstić information content (AvgIpc) is 3.30. The van der Waals surface area contributed by atoms with Gasteiger partial charge in [-0.15, -0.1) is 0 Å². The van der Waals surface area contributed by atoms with Gasteiger partial charge in [-0.25, -0.2) is 0 Å². The summed E-state index contributed by atoms with van der Waals surface area (Å²) in [5.74, 6) is -0.295. The molecule has 2 atom stereocenters. The molecule has 1 saturated heterocycles. The number of hydrogen-bond donors (Lipinski definition) is 4. The number of nitrogen functional groups attached to an aromatic ring is 1. The topological polar surface area (TPSA) is 123 Å². The van der Waals surface area contributed by atoms with Crippen LogP contribution in [0.1, 0.15) is 42.4 Å². The number of carboxylic acid groups (broad SMARTS) is 1. The molecule has 1 unspecified atom stereocenters. The lowest BCUT2D eigenvalue weighted by molar-refractivity contribution is -0.138. The van der Waals surface area contributed by atoms with Gasteiger partial charge in [0.15, 0.2) is 0 Å². The maximum atomic E-state index is 12.1. The van der Waals surface area contributed by atoms with Crippen molar-refractivity contribution in [1.29, 1.82) is 10.8 Å². The van der Waals surface area contributed by atoms with Crippen LogP contribution >= 0.6 is 0 Å². The molecule has 0 radical (unpaired) electrons. The van der Waals surface area contributed by atoms with Gasteiger partial charge in [-0.3, -0.25) is 15.6 Å². The van der Waals surface area contributed by atoms with Crippen LogP contribution in [0.4, 0.5) is 0 Å². The molecular formula is C27H30N4O3. The van der Waals surface area contributed by atoms with Crippen molar-refractivity contribution >= 4 is 28.4 Å². The van der Waals surface area contributed by atoms with E-state index in [9.17, 15) is 9.90 Å². The van der Waals surface area contributed by atoms with Gasteiger partial charge in [0.05, 0.1) is 17.8 Å². The Morgan fingerprint density at radius 1 is 1.12 bits per heavy atom. The van der Waals surface area contributed by atoms with E-state index in [1.54, 1.807) is 6.92 Å². The smallest absolute Gasteiger partial charge is 0.311 e. The second kappa shape index (κ2) is 9.95. The number of carbonyl (C=O) groups is 1. The number of nitrogens with two attached hydrogens (primary N) is 1. The van der Waals surface area contributed by atoms with Crippen LogP contribution in [-0.4, -0.2) is 46.8 Å². The molecule has 0 saturated carbocycles. The van der Waals surface area contributed by atoms with Crippen molar-refractivity contribution in [3.8, 4) is 5.75 Å². The Kier molecular flexibility index (Phi) is 6.82. The number of rotatable bonds is 8. The number of fused-ring (bicyclic) bond motifs is 1. The molecule has 176 valence electrons. The molecule has 34 heavy (non-hydrogen) atoms. The summed E-state index contributed by atoms with van der Waals surface area (Å²) in [6, 6.07) is 18.9. The molecule has 1 aliphatic rings. The SMILES string of the molecule is CC(=N)N1CCC[C@H]1COc1ccc(C(Cc2ccc3ccc(C(=N)N)cc3c2)C(=O)O)cc1. The number of likely N-dealkylation sites (tertiary alicyclic amines) is 1. The quantitative estimate of drug-likeness (QED) is 0.295. The highest BCUT2D eigenvalue weighted by Crippen LogP contribution is 2.27. The Morgan fingerprint density at radius 2 is 1.85 bits per heavy atom. The Hall–Kier alpha value is -3.87. The molecular weight excluding hydrogens is 428 g/mol. The molecule has 0 spiro atoms. The lowest BCUT2D eigenvalue weighted by Crippen LogP contribution is -2.37. The number of hydrogen-bond acceptors (Lipinski definition) is 4. The maximum absolute atomic E-state index is 12.1. The molecule has 3 aromatic carbocycles. The van der Waals surface area contributed by atoms with E-state index in [0.29, 0.717) is 30.2 Å². The molecule has 0 bridgehead atoms. The van der Waals surface area contributed by atoms with Crippen molar-refractivity contribution in [2.45, 2.75) is 38.1 Å². The summed E-state index contributed by atoms with van der Waals surface area (Å²) < 4.78 is 5.95. The lowest BCUT2D eigenvalue weighted by Gasteiger charge is -2.25. The van der Waals surface area contributed by atoms with Gasteiger partial charge in [-0.05, 0) is 66.3 Å². The molecule has 4 rings (SSSR count). The lowest BCUT2D eigenvalue weighted by atomic mass is 9.91. The third-order valence-corrected chi connectivity index (χ3v) is 6.49. The van der Waals surface area contributed by atoms with E-state index in [-0.39, 0.29) is 11.9 Å². The van der Waals surface area contributed by atoms with Crippen molar-refractivity contribution < 1.29 is 14.6 Å². The summed E-state index contributed by atoms with van der Waals surface area (Å²) in [4.78, 5) is 14.2. The second-order valence-electron chi connectivity index (χ2n) is 8.86. The fraction of sp³-hybridized carbons (Fsp3) is 0.296. The molecule has 1 fully saturated rings. The fourth-order valence-electron chi connectivity index (χ4n) is 4.61. The molecule has 5 N–H and O–H groups in total. The van der Waals surface area contributed by atoms with Crippen molar-refractivity contribution in [3.05, 3.63) is 77.4 Å². The Morgan fingerprint density at radius 3 is 2.53 bits per heavy atom. The molecule has 0 amide bonds. The predicted octanol–water partition coefficient (Wildman–Crippen LogP) is 4.38. The minimum absolute atomic E-state index is 0.00613. The van der Waals surface area contributed by atoms with Gasteiger partial charge in [-0.1, -0.05) is 42.5 Å². The van der Waals surface area contributed by atoms with Gasteiger partial charge >= 0.3 is 5.97 Å². The van der Waals surface area contributed by atoms with Gasteiger partial charge in [0, 0.05) is 12.1 Å². The van der Waals surface area contributed by atoms with Crippen LogP contribution in [0, 0.1) is 10.8 Å². The van der Waals surface area contributed by atoms with Gasteiger partial charge in [0.2, 0.25) is 0 Å². The summed E-state index contributed by atoms with van der Waals surface area (Å²) in [6.45, 7) is 3.21. The third-order valence-electron chi connectivity index (χ3n) is 6.49. The van der Waals surface area contributed by atoms with Crippen LogP contribution in [0.3, 0.4) is 0 Å². The first-order chi connectivity index (χ1) is 16.3. The van der Waals surface area contributed by atoms with Gasteiger partial charge in [0.25, 0.3) is 0 Å². The van der Waals surface area contributed by atoms with E-state index in [1.165, 1.54) is 0 Å². The first kappa shape index (κ1) is 23.3. The standard InChI is InChI=1S/C27H30N4O3/c1-17(28)31-12-2-3-23(31)16-34-24-10-8-20(9-11-24)25(27(32)33)14-18-4-5-19-6-7-21(26(29)30)15-22(19)13-18/h4-11,13,15,23,25,28H,2-3,12,14,16H2,1H3,(H3,29,30)(H,32,33)/t23-,25?/m0/s1. The number of amidine groups is 2. The number of aliphatic carboxylic acids is 1. The molecule has 0 aromatic heterocycles. The molecule has 3 aromatic rings. The van der Waals surface area contributed by atoms with Crippen molar-refractivity contribution in [1.82, 2.24) is 4.90 Å². The number of benzene rings is 3. The minimum atomic E-state index is -0.880. The highest BCUT2D eigenvalue weighted by Gasteiger charge is 2.25. The number of carboxylic acids is 1. The van der Waals surface area contributed by atoms with Crippen LogP contribution in [0.25, 0.3) is 10.8 Å². The van der Waals surface area contributed by atoms with Crippen molar-refractivity contribution in [2.75, 3.05) is 13.2 Å². The number of nitrogens with one attached hydrogen (secondary N) is 2. The van der Waals surface area contributed by atoms with Gasteiger partial charge in [-0.2, -0.15) is 0 Å². The van der Waals surface area contributed by atoms with E-state index in [4.69, 9.17) is 21.3 Å². The van der Waals surface area contributed by atoms with E-state index < -0.39 is 11.9 Å². The fourth-order valence-corrected chi connectivity index (χ4v) is 4.61. The Bertz CT molecular complexity index is 1220. The Balaban J connectivity index is 1.46. The average molecular weight is 459 g/mol. The highest BCUT2D eigenvalue weighted by atomic mass is 16.5. The zero-order chi connectivity index (χ0) is 24.2. The first-order valence-corrected chi connectivity index (χ1v) is 11.5. The largest absolute Gasteiger partial charge is 0.491 e. The van der Waals surface area contributed by atoms with Crippen LogP contribution in [-0.2, 0) is 11.2 Å². The van der Waals surface area contributed by atoms with Crippen molar-refractivity contribution in [2.24, 2.45) is 5.73 Å². The summed E-state index contributed by atoms with van der Waals surface area (Å²) >= 11 is 0. The van der Waals surface area contributed by atoms with Crippen LogP contribution in [0.15, 0.2) is 60.7 Å². The zero-order valence-electron chi connectivity index (χ0n) is 19.3. The maximum Gasteiger partial charge on any atom is 0.311 e. The highest BCUT2D eigenvalue weighted by molar-refractivity contribution is 5.99. The summed E-state index contributed by atoms with van der Waals surface area (Å²) in [7, 11) is 0. The van der Waals surface area contributed by atoms with Crippen LogP contribution in [0.2, 0.25) is 0 Å². The van der Waals surface area contributed by atoms with Crippen molar-refractivity contribution in [3.63, 3.8) is 0 Å². The minimum Gasteiger partial charge on any atom is -0.491 e. The monoisotopic (exact) mass is 458 g/mol. The molecule has 1 heterocycles. The summed E-state index contributed by atoms with van der Waals surface area (Å²) in [5.41, 5.74) is 7.88. The first-order valence-electron chi connectivity index (χ1n) is 11.5. The normalized spacial score (nSPS) is 16.4.